The molecule has 0 heterocycles. The van der Waals surface area contributed by atoms with Crippen molar-refractivity contribution in [3.63, 3.8) is 0 Å². The molecule has 0 saturated carbocycles. The molecular formula is C9H17Cl2NO. The third-order valence-corrected chi connectivity index (χ3v) is 2.41. The molecule has 1 N–H and O–H groups in total. The molecule has 0 spiro atoms. The van der Waals surface area contributed by atoms with Crippen LogP contribution in [0.1, 0.15) is 20.3 Å². The molecule has 0 aliphatic carbocycles. The minimum absolute atomic E-state index is 0.214. The molecule has 78 valence electrons. The number of rotatable bonds is 6. The lowest BCUT2D eigenvalue weighted by Gasteiger charge is -2.25. The smallest absolute Gasteiger partial charge is 0.0443 e. The predicted octanol–water partition coefficient (Wildman–Crippen LogP) is 2.40. The number of hydrogen-bond acceptors (Lipinski definition) is 2. The van der Waals surface area contributed by atoms with Gasteiger partial charge in [-0.05, 0) is 20.3 Å². The van der Waals surface area contributed by atoms with Crippen LogP contribution in [0.5, 0.6) is 0 Å². The average molecular weight is 226 g/mol. The molecule has 0 bridgehead atoms. The number of halogens is 2. The first-order chi connectivity index (χ1) is 6.11. The average Bonchev–Trinajstić information content (AvgIpc) is 2.11. The van der Waals surface area contributed by atoms with Crippen molar-refractivity contribution in [1.29, 1.82) is 0 Å². The van der Waals surface area contributed by atoms with Crippen LogP contribution in [-0.2, 0) is 0 Å². The Balaban J connectivity index is 3.94. The van der Waals surface area contributed by atoms with Gasteiger partial charge in [0.25, 0.3) is 0 Å². The molecule has 2 nitrogen and oxygen atoms in total. The highest BCUT2D eigenvalue weighted by Crippen LogP contribution is 2.09. The van der Waals surface area contributed by atoms with Crippen LogP contribution in [0.2, 0.25) is 0 Å². The summed E-state index contributed by atoms with van der Waals surface area (Å²) in [4.78, 5) is 2.16. The van der Waals surface area contributed by atoms with Gasteiger partial charge in [0.05, 0.1) is 0 Å². The van der Waals surface area contributed by atoms with Crippen LogP contribution in [0.3, 0.4) is 0 Å². The maximum atomic E-state index is 8.69. The number of hydrogen-bond donors (Lipinski definition) is 1. The highest BCUT2D eigenvalue weighted by molar-refractivity contribution is 6.36. The highest BCUT2D eigenvalue weighted by Gasteiger charge is 2.09. The molecule has 0 aromatic rings. The number of aliphatic hydroxyl groups is 1. The first-order valence-corrected chi connectivity index (χ1v) is 5.23. The first kappa shape index (κ1) is 13.2. The van der Waals surface area contributed by atoms with E-state index in [2.05, 4.69) is 18.7 Å². The second-order valence-electron chi connectivity index (χ2n) is 3.20. The van der Waals surface area contributed by atoms with E-state index in [1.807, 2.05) is 0 Å². The van der Waals surface area contributed by atoms with Crippen molar-refractivity contribution in [2.45, 2.75) is 26.3 Å². The van der Waals surface area contributed by atoms with E-state index in [9.17, 15) is 0 Å². The summed E-state index contributed by atoms with van der Waals surface area (Å²) in [7, 11) is 0. The Bertz CT molecular complexity index is 160. The van der Waals surface area contributed by atoms with Crippen molar-refractivity contribution in [2.24, 2.45) is 0 Å². The predicted molar refractivity (Wildman–Crippen MR) is 58.2 cm³/mol. The summed E-state index contributed by atoms with van der Waals surface area (Å²) in [5.41, 5.74) is 1.38. The second kappa shape index (κ2) is 7.63. The molecule has 0 aromatic carbocycles. The Morgan fingerprint density at radius 1 is 1.54 bits per heavy atom. The van der Waals surface area contributed by atoms with Crippen LogP contribution in [0.25, 0.3) is 0 Å². The van der Waals surface area contributed by atoms with Gasteiger partial charge in [-0.25, -0.2) is 0 Å². The Labute approximate surface area is 90.1 Å². The molecule has 13 heavy (non-hydrogen) atoms. The van der Waals surface area contributed by atoms with E-state index in [1.54, 1.807) is 0 Å². The Morgan fingerprint density at radius 2 is 2.15 bits per heavy atom. The first-order valence-electron chi connectivity index (χ1n) is 4.41. The van der Waals surface area contributed by atoms with Crippen molar-refractivity contribution < 1.29 is 5.11 Å². The van der Waals surface area contributed by atoms with Gasteiger partial charge in [0.1, 0.15) is 0 Å². The molecule has 4 heteroatoms. The fourth-order valence-corrected chi connectivity index (χ4v) is 1.24. The largest absolute Gasteiger partial charge is 0.396 e. The topological polar surface area (TPSA) is 23.5 Å². The summed E-state index contributed by atoms with van der Waals surface area (Å²) in [5, 5.41) is 9.32. The molecular weight excluding hydrogens is 209 g/mol. The van der Waals surface area contributed by atoms with Crippen molar-refractivity contribution >= 4 is 23.2 Å². The van der Waals surface area contributed by atoms with E-state index < -0.39 is 0 Å². The third-order valence-electron chi connectivity index (χ3n) is 1.81. The summed E-state index contributed by atoms with van der Waals surface area (Å²) in [5.74, 6) is 0. The van der Waals surface area contributed by atoms with Gasteiger partial charge in [0, 0.05) is 36.3 Å². The maximum Gasteiger partial charge on any atom is 0.0443 e. The van der Waals surface area contributed by atoms with E-state index in [1.165, 1.54) is 5.54 Å². The summed E-state index contributed by atoms with van der Waals surface area (Å²) in [6.07, 6.45) is 0.768. The molecule has 0 aliphatic heterocycles. The van der Waals surface area contributed by atoms with E-state index in [4.69, 9.17) is 28.3 Å². The fourth-order valence-electron chi connectivity index (χ4n) is 1.02. The SMILES string of the molecule is CC(C)N(CCCO)CC(Cl)=CCl. The Kier molecular flexibility index (Phi) is 7.77. The van der Waals surface area contributed by atoms with Crippen LogP contribution in [0.4, 0.5) is 0 Å². The molecule has 0 saturated heterocycles. The zero-order chi connectivity index (χ0) is 10.3. The van der Waals surface area contributed by atoms with Crippen LogP contribution < -0.4 is 0 Å². The van der Waals surface area contributed by atoms with Crippen LogP contribution in [0.15, 0.2) is 10.6 Å². The highest BCUT2D eigenvalue weighted by atomic mass is 35.5. The van der Waals surface area contributed by atoms with Crippen LogP contribution in [0, 0.1) is 0 Å². The van der Waals surface area contributed by atoms with Crippen molar-refractivity contribution in [2.75, 3.05) is 19.7 Å². The lowest BCUT2D eigenvalue weighted by atomic mass is 10.3. The van der Waals surface area contributed by atoms with E-state index in [0.29, 0.717) is 17.6 Å². The molecule has 0 unspecified atom stereocenters. The Hall–Kier alpha value is 0.240. The van der Waals surface area contributed by atoms with Gasteiger partial charge in [-0.1, -0.05) is 23.2 Å². The fraction of sp³-hybridized carbons (Fsp3) is 0.778. The van der Waals surface area contributed by atoms with E-state index in [0.717, 1.165) is 13.0 Å². The molecule has 0 amide bonds. The lowest BCUT2D eigenvalue weighted by Crippen LogP contribution is -2.33. The Morgan fingerprint density at radius 3 is 2.54 bits per heavy atom. The summed E-state index contributed by atoms with van der Waals surface area (Å²) >= 11 is 11.3. The van der Waals surface area contributed by atoms with Crippen LogP contribution in [-0.4, -0.2) is 35.7 Å². The standard InChI is InChI=1S/C9H17Cl2NO/c1-8(2)12(4-3-5-13)7-9(11)6-10/h6,8,13H,3-5,7H2,1-2H3. The van der Waals surface area contributed by atoms with Gasteiger partial charge in [0.2, 0.25) is 0 Å². The number of aliphatic hydroxyl groups excluding tert-OH is 1. The van der Waals surface area contributed by atoms with Crippen LogP contribution >= 0.6 is 23.2 Å². The summed E-state index contributed by atoms with van der Waals surface area (Å²) < 4.78 is 0. The summed E-state index contributed by atoms with van der Waals surface area (Å²) in [6.45, 7) is 5.90. The molecule has 0 aromatic heterocycles. The molecule has 0 atom stereocenters. The molecule has 0 aliphatic rings. The minimum Gasteiger partial charge on any atom is -0.396 e. The van der Waals surface area contributed by atoms with Gasteiger partial charge in [0.15, 0.2) is 0 Å². The molecule has 0 fully saturated rings. The van der Waals surface area contributed by atoms with Crippen molar-refractivity contribution in [3.05, 3.63) is 10.6 Å². The van der Waals surface area contributed by atoms with E-state index >= 15 is 0 Å². The van der Waals surface area contributed by atoms with Gasteiger partial charge in [-0.2, -0.15) is 0 Å². The molecule has 0 rings (SSSR count). The lowest BCUT2D eigenvalue weighted by molar-refractivity contribution is 0.206. The summed E-state index contributed by atoms with van der Waals surface area (Å²) in [6, 6.07) is 0.414. The van der Waals surface area contributed by atoms with Gasteiger partial charge in [-0.3, -0.25) is 4.90 Å². The van der Waals surface area contributed by atoms with Crippen molar-refractivity contribution in [3.8, 4) is 0 Å². The molecule has 0 radical (unpaired) electrons. The zero-order valence-electron chi connectivity index (χ0n) is 8.13. The normalized spacial score (nSPS) is 13.0. The van der Waals surface area contributed by atoms with Crippen molar-refractivity contribution in [1.82, 2.24) is 4.90 Å². The zero-order valence-corrected chi connectivity index (χ0v) is 9.65. The maximum absolute atomic E-state index is 8.69. The number of nitrogens with zero attached hydrogens (tertiary/aromatic N) is 1. The van der Waals surface area contributed by atoms with E-state index in [-0.39, 0.29) is 6.61 Å². The quantitative estimate of drug-likeness (QED) is 0.751. The second-order valence-corrected chi connectivity index (χ2v) is 3.90. The third kappa shape index (κ3) is 6.33. The van der Waals surface area contributed by atoms with Gasteiger partial charge in [-0.15, -0.1) is 0 Å². The van der Waals surface area contributed by atoms with Gasteiger partial charge < -0.3 is 5.11 Å². The van der Waals surface area contributed by atoms with Gasteiger partial charge >= 0.3 is 0 Å². The minimum atomic E-state index is 0.214. The monoisotopic (exact) mass is 225 g/mol.